The zero-order chi connectivity index (χ0) is 10.1. The molecule has 1 heteroatoms. The molecule has 0 saturated carbocycles. The molecule has 0 unspecified atom stereocenters. The summed E-state index contributed by atoms with van der Waals surface area (Å²) in [5, 5.41) is 3.41. The summed E-state index contributed by atoms with van der Waals surface area (Å²) in [6, 6.07) is 19.9. The molecule has 3 rings (SSSR count). The van der Waals surface area contributed by atoms with E-state index in [4.69, 9.17) is 0 Å². The van der Waals surface area contributed by atoms with Crippen LogP contribution in [0.25, 0.3) is 21.2 Å². The van der Waals surface area contributed by atoms with Gasteiger partial charge in [-0.25, -0.2) is 0 Å². The second-order valence-electron chi connectivity index (χ2n) is 3.44. The molecule has 0 nitrogen and oxygen atoms in total. The first-order valence-corrected chi connectivity index (χ1v) is 5.76. The van der Waals surface area contributed by atoms with Gasteiger partial charge in [0.25, 0.3) is 0 Å². The largest absolute Gasteiger partial charge is 0.143 e. The lowest BCUT2D eigenvalue weighted by atomic mass is 10.0. The summed E-state index contributed by atoms with van der Waals surface area (Å²) in [5.41, 5.74) is 2.55. The van der Waals surface area contributed by atoms with E-state index in [1.54, 1.807) is 11.3 Å². The monoisotopic (exact) mass is 209 g/mol. The fourth-order valence-electron chi connectivity index (χ4n) is 1.76. The molecule has 0 atom stereocenters. The van der Waals surface area contributed by atoms with Crippen LogP contribution in [-0.4, -0.2) is 0 Å². The first-order valence-electron chi connectivity index (χ1n) is 4.88. The predicted octanol–water partition coefficient (Wildman–Crippen LogP) is 4.37. The van der Waals surface area contributed by atoms with Gasteiger partial charge in [-0.1, -0.05) is 30.3 Å². The summed E-state index contributed by atoms with van der Waals surface area (Å²) in [4.78, 5) is 0. The van der Waals surface area contributed by atoms with Crippen molar-refractivity contribution in [1.29, 1.82) is 0 Å². The van der Waals surface area contributed by atoms with E-state index >= 15 is 0 Å². The van der Waals surface area contributed by atoms with Crippen LogP contribution in [0.2, 0.25) is 0 Å². The van der Waals surface area contributed by atoms with Gasteiger partial charge in [-0.3, -0.25) is 0 Å². The number of hydrogen-bond acceptors (Lipinski definition) is 1. The average Bonchev–Trinajstić information content (AvgIpc) is 2.78. The van der Waals surface area contributed by atoms with Crippen LogP contribution < -0.4 is 0 Å². The minimum Gasteiger partial charge on any atom is -0.143 e. The summed E-state index contributed by atoms with van der Waals surface area (Å²) in [7, 11) is 0. The number of benzene rings is 2. The lowest BCUT2D eigenvalue weighted by Crippen LogP contribution is -1.76. The normalized spacial score (nSPS) is 10.7. The maximum absolute atomic E-state index is 3.20. The Labute approximate surface area is 92.8 Å². The molecule has 0 saturated heterocycles. The van der Waals surface area contributed by atoms with Gasteiger partial charge in [0, 0.05) is 10.3 Å². The topological polar surface area (TPSA) is 0 Å². The molecular formula is C14H9S. The van der Waals surface area contributed by atoms with Gasteiger partial charge in [0.1, 0.15) is 0 Å². The molecule has 1 radical (unpaired) electrons. The zero-order valence-corrected chi connectivity index (χ0v) is 8.92. The Morgan fingerprint density at radius 1 is 0.933 bits per heavy atom. The van der Waals surface area contributed by atoms with Crippen molar-refractivity contribution < 1.29 is 0 Å². The molecule has 0 N–H and O–H groups in total. The Bertz CT molecular complexity index is 578. The minimum absolute atomic E-state index is 1.27. The maximum atomic E-state index is 3.20. The Hall–Kier alpha value is -1.60. The van der Waals surface area contributed by atoms with Crippen LogP contribution in [0.4, 0.5) is 0 Å². The molecule has 0 spiro atoms. The van der Waals surface area contributed by atoms with E-state index in [1.165, 1.54) is 21.2 Å². The van der Waals surface area contributed by atoms with Crippen LogP contribution in [0.5, 0.6) is 0 Å². The van der Waals surface area contributed by atoms with Gasteiger partial charge < -0.3 is 0 Å². The summed E-state index contributed by atoms with van der Waals surface area (Å²) in [5.74, 6) is 0. The van der Waals surface area contributed by atoms with E-state index in [-0.39, 0.29) is 0 Å². The van der Waals surface area contributed by atoms with Crippen LogP contribution >= 0.6 is 11.3 Å². The van der Waals surface area contributed by atoms with Crippen LogP contribution in [0.3, 0.4) is 0 Å². The molecule has 0 fully saturated rings. The number of hydrogen-bond donors (Lipinski definition) is 0. The van der Waals surface area contributed by atoms with E-state index in [0.717, 1.165) is 0 Å². The van der Waals surface area contributed by atoms with Gasteiger partial charge in [-0.2, -0.15) is 0 Å². The Morgan fingerprint density at radius 3 is 2.67 bits per heavy atom. The van der Waals surface area contributed by atoms with Crippen LogP contribution in [-0.2, 0) is 0 Å². The smallest absolute Gasteiger partial charge is 0.0421 e. The van der Waals surface area contributed by atoms with Gasteiger partial charge >= 0.3 is 0 Å². The van der Waals surface area contributed by atoms with E-state index in [1.807, 2.05) is 12.1 Å². The van der Waals surface area contributed by atoms with E-state index in [0.29, 0.717) is 0 Å². The number of rotatable bonds is 1. The molecular weight excluding hydrogens is 200 g/mol. The Kier molecular flexibility index (Phi) is 2.04. The Balaban J connectivity index is 2.31. The maximum Gasteiger partial charge on any atom is 0.0421 e. The molecule has 71 valence electrons. The molecule has 0 bridgehead atoms. The highest BCUT2D eigenvalue weighted by Crippen LogP contribution is 2.31. The highest BCUT2D eigenvalue weighted by atomic mass is 32.1. The van der Waals surface area contributed by atoms with Crippen molar-refractivity contribution in [2.75, 3.05) is 0 Å². The lowest BCUT2D eigenvalue weighted by Gasteiger charge is -2.02. The summed E-state index contributed by atoms with van der Waals surface area (Å²) in [6.07, 6.45) is 0. The fourth-order valence-corrected chi connectivity index (χ4v) is 2.68. The molecule has 0 aliphatic heterocycles. The molecule has 1 heterocycles. The molecule has 0 aliphatic carbocycles. The third kappa shape index (κ3) is 1.45. The van der Waals surface area contributed by atoms with Gasteiger partial charge in [0.2, 0.25) is 0 Å². The second kappa shape index (κ2) is 3.52. The molecule has 15 heavy (non-hydrogen) atoms. The summed E-state index contributed by atoms with van der Waals surface area (Å²) in [6.45, 7) is 0. The van der Waals surface area contributed by atoms with Gasteiger partial charge in [0.05, 0.1) is 0 Å². The minimum atomic E-state index is 1.27. The van der Waals surface area contributed by atoms with Crippen LogP contribution in [0.15, 0.2) is 53.9 Å². The van der Waals surface area contributed by atoms with E-state index in [9.17, 15) is 0 Å². The summed E-state index contributed by atoms with van der Waals surface area (Å²) >= 11 is 1.79. The number of thiophene rings is 1. The van der Waals surface area contributed by atoms with Gasteiger partial charge in [0.15, 0.2) is 0 Å². The predicted molar refractivity (Wildman–Crippen MR) is 66.1 cm³/mol. The Morgan fingerprint density at radius 2 is 1.80 bits per heavy atom. The van der Waals surface area contributed by atoms with E-state index in [2.05, 4.69) is 47.8 Å². The third-order valence-corrected chi connectivity index (χ3v) is 3.46. The van der Waals surface area contributed by atoms with Crippen molar-refractivity contribution in [2.24, 2.45) is 0 Å². The van der Waals surface area contributed by atoms with Gasteiger partial charge in [-0.05, 0) is 40.6 Å². The van der Waals surface area contributed by atoms with Gasteiger partial charge in [-0.15, -0.1) is 11.3 Å². The first-order chi connectivity index (χ1) is 7.45. The van der Waals surface area contributed by atoms with Crippen molar-refractivity contribution in [3.05, 3.63) is 60.0 Å². The fraction of sp³-hybridized carbons (Fsp3) is 0. The molecule has 0 aliphatic rings. The van der Waals surface area contributed by atoms with E-state index < -0.39 is 0 Å². The quantitative estimate of drug-likeness (QED) is 0.558. The standard InChI is InChI=1S/C14H9S/c1-2-5-11(6-3-1)13-8-4-7-12-9-10-15-14(12)13/h1-3,5-10H. The van der Waals surface area contributed by atoms with Crippen molar-refractivity contribution in [1.82, 2.24) is 0 Å². The van der Waals surface area contributed by atoms with Crippen LogP contribution in [0.1, 0.15) is 0 Å². The average molecular weight is 209 g/mol. The lowest BCUT2D eigenvalue weighted by molar-refractivity contribution is 1.67. The molecule has 0 amide bonds. The third-order valence-electron chi connectivity index (χ3n) is 2.49. The highest BCUT2D eigenvalue weighted by molar-refractivity contribution is 7.17. The van der Waals surface area contributed by atoms with Crippen LogP contribution in [0, 0.1) is 6.07 Å². The SMILES string of the molecule is [c]1cc(-c2ccccc2)c2sccc2c1. The molecule has 2 aromatic carbocycles. The van der Waals surface area contributed by atoms with Crippen molar-refractivity contribution >= 4 is 21.4 Å². The van der Waals surface area contributed by atoms with Crippen molar-refractivity contribution in [3.63, 3.8) is 0 Å². The molecule has 3 aromatic rings. The molecule has 1 aromatic heterocycles. The highest BCUT2D eigenvalue weighted by Gasteiger charge is 2.03. The first kappa shape index (κ1) is 8.69. The zero-order valence-electron chi connectivity index (χ0n) is 8.10. The second-order valence-corrected chi connectivity index (χ2v) is 4.36. The van der Waals surface area contributed by atoms with Crippen molar-refractivity contribution in [3.8, 4) is 11.1 Å². The summed E-state index contributed by atoms with van der Waals surface area (Å²) < 4.78 is 1.35. The van der Waals surface area contributed by atoms with Crippen molar-refractivity contribution in [2.45, 2.75) is 0 Å². The number of fused-ring (bicyclic) bond motifs is 1.